The van der Waals surface area contributed by atoms with Crippen LogP contribution < -0.4 is 0 Å². The average molecular weight is 150 g/mol. The molecule has 0 spiro atoms. The van der Waals surface area contributed by atoms with Crippen molar-refractivity contribution < 1.29 is 9.59 Å². The second kappa shape index (κ2) is 2.46. The minimum Gasteiger partial charge on any atom is -0.298 e. The van der Waals surface area contributed by atoms with Gasteiger partial charge in [-0.3, -0.25) is 9.59 Å². The Hall–Kier alpha value is -1.18. The van der Waals surface area contributed by atoms with Crippen molar-refractivity contribution in [3.63, 3.8) is 0 Å². The van der Waals surface area contributed by atoms with Crippen molar-refractivity contribution in [2.45, 2.75) is 13.8 Å². The Morgan fingerprint density at radius 2 is 2.09 bits per heavy atom. The van der Waals surface area contributed by atoms with Gasteiger partial charge in [-0.25, -0.2) is 0 Å². The van der Waals surface area contributed by atoms with Crippen molar-refractivity contribution in [3.8, 4) is 0 Å². The zero-order valence-corrected chi connectivity index (χ0v) is 6.63. The van der Waals surface area contributed by atoms with Crippen LogP contribution in [0.15, 0.2) is 23.8 Å². The standard InChI is InChI=1S/C9H10O2/c1-9(2)4-3-8(11)7(5-9)6-10/h3-6H,1-2H3. The topological polar surface area (TPSA) is 34.1 Å². The molecule has 0 fully saturated rings. The van der Waals surface area contributed by atoms with Gasteiger partial charge in [0, 0.05) is 5.41 Å². The molecule has 1 rings (SSSR count). The Kier molecular flexibility index (Phi) is 1.77. The van der Waals surface area contributed by atoms with Crippen molar-refractivity contribution in [2.24, 2.45) is 5.41 Å². The van der Waals surface area contributed by atoms with Crippen LogP contribution in [0, 0.1) is 5.41 Å². The second-order valence-electron chi connectivity index (χ2n) is 3.24. The van der Waals surface area contributed by atoms with Gasteiger partial charge >= 0.3 is 0 Å². The quantitative estimate of drug-likeness (QED) is 0.416. The minimum absolute atomic E-state index is 0.163. The van der Waals surface area contributed by atoms with Crippen molar-refractivity contribution in [1.29, 1.82) is 0 Å². The summed E-state index contributed by atoms with van der Waals surface area (Å²) in [5.74, 6) is -0.195. The van der Waals surface area contributed by atoms with Crippen molar-refractivity contribution in [1.82, 2.24) is 0 Å². The van der Waals surface area contributed by atoms with Crippen LogP contribution in [0.2, 0.25) is 0 Å². The van der Waals surface area contributed by atoms with E-state index in [-0.39, 0.29) is 16.8 Å². The first-order valence-electron chi connectivity index (χ1n) is 3.47. The molecule has 0 aliphatic heterocycles. The fourth-order valence-electron chi connectivity index (χ4n) is 0.999. The first-order valence-corrected chi connectivity index (χ1v) is 3.47. The van der Waals surface area contributed by atoms with Gasteiger partial charge in [-0.1, -0.05) is 26.0 Å². The summed E-state index contributed by atoms with van der Waals surface area (Å²) in [6, 6.07) is 0. The van der Waals surface area contributed by atoms with Gasteiger partial charge in [0.25, 0.3) is 0 Å². The lowest BCUT2D eigenvalue weighted by molar-refractivity contribution is -0.114. The Labute approximate surface area is 65.6 Å². The van der Waals surface area contributed by atoms with Crippen LogP contribution in [0.25, 0.3) is 0 Å². The smallest absolute Gasteiger partial charge is 0.188 e. The Balaban J connectivity index is 3.02. The predicted octanol–water partition coefficient (Wildman–Crippen LogP) is 1.28. The summed E-state index contributed by atoms with van der Waals surface area (Å²) in [7, 11) is 0. The number of hydrogen-bond acceptors (Lipinski definition) is 2. The molecule has 0 radical (unpaired) electrons. The zero-order chi connectivity index (χ0) is 8.48. The summed E-state index contributed by atoms with van der Waals surface area (Å²) in [6.45, 7) is 3.89. The van der Waals surface area contributed by atoms with Crippen LogP contribution in [0.5, 0.6) is 0 Å². The molecule has 0 aromatic carbocycles. The molecule has 1 aliphatic carbocycles. The number of carbonyl (C=O) groups is 2. The molecule has 0 atom stereocenters. The molecule has 11 heavy (non-hydrogen) atoms. The summed E-state index contributed by atoms with van der Waals surface area (Å²) < 4.78 is 0. The lowest BCUT2D eigenvalue weighted by Gasteiger charge is -2.18. The zero-order valence-electron chi connectivity index (χ0n) is 6.63. The maximum Gasteiger partial charge on any atom is 0.188 e. The van der Waals surface area contributed by atoms with Crippen molar-refractivity contribution >= 4 is 12.1 Å². The molecular weight excluding hydrogens is 140 g/mol. The van der Waals surface area contributed by atoms with E-state index in [2.05, 4.69) is 0 Å². The lowest BCUT2D eigenvalue weighted by Crippen LogP contribution is -2.14. The number of carbonyl (C=O) groups excluding carboxylic acids is 2. The van der Waals surface area contributed by atoms with Crippen LogP contribution in [-0.4, -0.2) is 12.1 Å². The molecule has 0 bridgehead atoms. The minimum atomic E-state index is -0.195. The Bertz CT molecular complexity index is 257. The number of rotatable bonds is 1. The molecule has 0 saturated carbocycles. The van der Waals surface area contributed by atoms with E-state index in [9.17, 15) is 9.59 Å². The summed E-state index contributed by atoms with van der Waals surface area (Å²) in [5, 5.41) is 0. The molecule has 58 valence electrons. The average Bonchev–Trinajstić information content (AvgIpc) is 1.94. The van der Waals surface area contributed by atoms with Gasteiger partial charge in [0.15, 0.2) is 12.1 Å². The van der Waals surface area contributed by atoms with Gasteiger partial charge in [-0.2, -0.15) is 0 Å². The molecule has 0 unspecified atom stereocenters. The highest BCUT2D eigenvalue weighted by Gasteiger charge is 2.19. The summed E-state index contributed by atoms with van der Waals surface area (Å²) >= 11 is 0. The van der Waals surface area contributed by atoms with Gasteiger partial charge in [-0.15, -0.1) is 0 Å². The maximum absolute atomic E-state index is 10.9. The number of ketones is 1. The maximum atomic E-state index is 10.9. The normalized spacial score (nSPS) is 21.3. The third-order valence-corrected chi connectivity index (χ3v) is 1.60. The highest BCUT2D eigenvalue weighted by atomic mass is 16.1. The number of hydrogen-bond donors (Lipinski definition) is 0. The van der Waals surface area contributed by atoms with Crippen LogP contribution in [0.3, 0.4) is 0 Å². The third kappa shape index (κ3) is 1.64. The highest BCUT2D eigenvalue weighted by molar-refractivity contribution is 6.17. The SMILES string of the molecule is CC1(C)C=CC(=O)C(C=O)=C1. The first-order chi connectivity index (χ1) is 5.05. The van der Waals surface area contributed by atoms with Gasteiger partial charge in [0.2, 0.25) is 0 Å². The van der Waals surface area contributed by atoms with Crippen LogP contribution in [0.1, 0.15) is 13.8 Å². The fraction of sp³-hybridized carbons (Fsp3) is 0.333. The third-order valence-electron chi connectivity index (χ3n) is 1.60. The summed E-state index contributed by atoms with van der Waals surface area (Å²) in [6.07, 6.45) is 5.53. The summed E-state index contributed by atoms with van der Waals surface area (Å²) in [5.41, 5.74) is 0.0990. The van der Waals surface area contributed by atoms with Gasteiger partial charge in [0.05, 0.1) is 5.57 Å². The first kappa shape index (κ1) is 7.92. The summed E-state index contributed by atoms with van der Waals surface area (Å²) in [4.78, 5) is 21.3. The molecule has 2 heteroatoms. The Morgan fingerprint density at radius 1 is 1.45 bits per heavy atom. The van der Waals surface area contributed by atoms with Gasteiger partial charge in [0.1, 0.15) is 0 Å². The Morgan fingerprint density at radius 3 is 2.55 bits per heavy atom. The molecule has 0 N–H and O–H groups in total. The molecule has 1 aliphatic rings. The molecule has 0 saturated heterocycles. The van der Waals surface area contributed by atoms with Crippen molar-refractivity contribution in [2.75, 3.05) is 0 Å². The molecule has 0 aromatic heterocycles. The monoisotopic (exact) mass is 150 g/mol. The van der Waals surface area contributed by atoms with Crippen molar-refractivity contribution in [3.05, 3.63) is 23.8 Å². The molecule has 0 heterocycles. The van der Waals surface area contributed by atoms with E-state index in [4.69, 9.17) is 0 Å². The van der Waals surface area contributed by atoms with E-state index in [1.807, 2.05) is 13.8 Å². The van der Waals surface area contributed by atoms with Crippen LogP contribution in [-0.2, 0) is 9.59 Å². The van der Waals surface area contributed by atoms with E-state index in [1.54, 1.807) is 12.2 Å². The lowest BCUT2D eigenvalue weighted by atomic mass is 9.85. The molecule has 0 aromatic rings. The molecule has 0 amide bonds. The van der Waals surface area contributed by atoms with E-state index >= 15 is 0 Å². The number of aldehydes is 1. The van der Waals surface area contributed by atoms with Gasteiger partial charge < -0.3 is 0 Å². The van der Waals surface area contributed by atoms with Crippen LogP contribution >= 0.6 is 0 Å². The highest BCUT2D eigenvalue weighted by Crippen LogP contribution is 2.24. The molecular formula is C9H10O2. The second-order valence-corrected chi connectivity index (χ2v) is 3.24. The largest absolute Gasteiger partial charge is 0.298 e. The van der Waals surface area contributed by atoms with E-state index in [0.29, 0.717) is 6.29 Å². The predicted molar refractivity (Wildman–Crippen MR) is 42.1 cm³/mol. The van der Waals surface area contributed by atoms with Crippen LogP contribution in [0.4, 0.5) is 0 Å². The number of allylic oxidation sites excluding steroid dienone is 4. The molecule has 2 nitrogen and oxygen atoms in total. The van der Waals surface area contributed by atoms with E-state index in [1.165, 1.54) is 6.08 Å². The fourth-order valence-corrected chi connectivity index (χ4v) is 0.999. The van der Waals surface area contributed by atoms with E-state index < -0.39 is 0 Å². The van der Waals surface area contributed by atoms with Gasteiger partial charge in [-0.05, 0) is 6.08 Å². The van der Waals surface area contributed by atoms with E-state index in [0.717, 1.165) is 0 Å².